The van der Waals surface area contributed by atoms with Crippen molar-refractivity contribution in [3.8, 4) is 0 Å². The highest BCUT2D eigenvalue weighted by molar-refractivity contribution is 4.70. The van der Waals surface area contributed by atoms with Crippen LogP contribution >= 0.6 is 0 Å². The van der Waals surface area contributed by atoms with Crippen molar-refractivity contribution in [2.45, 2.75) is 39.2 Å². The van der Waals surface area contributed by atoms with Crippen molar-refractivity contribution in [1.82, 2.24) is 9.80 Å². The summed E-state index contributed by atoms with van der Waals surface area (Å²) in [6, 6.07) is 0.377. The standard InChI is InChI=1S/C12H27N3/c1-3-14-8-10-15(11-9-14)7-5-4-6-12(2)13/h12H,3-11,13H2,1-2H3. The average molecular weight is 213 g/mol. The van der Waals surface area contributed by atoms with Crippen LogP contribution in [0.3, 0.4) is 0 Å². The molecule has 1 aliphatic heterocycles. The van der Waals surface area contributed by atoms with Gasteiger partial charge in [-0.05, 0) is 32.9 Å². The molecular weight excluding hydrogens is 186 g/mol. The first kappa shape index (κ1) is 12.9. The molecule has 3 heteroatoms. The van der Waals surface area contributed by atoms with Gasteiger partial charge in [-0.2, -0.15) is 0 Å². The van der Waals surface area contributed by atoms with Crippen LogP contribution < -0.4 is 5.73 Å². The van der Waals surface area contributed by atoms with Crippen molar-refractivity contribution in [2.75, 3.05) is 39.3 Å². The number of nitrogens with two attached hydrogens (primary N) is 1. The van der Waals surface area contributed by atoms with Gasteiger partial charge in [0.25, 0.3) is 0 Å². The van der Waals surface area contributed by atoms with Crippen LogP contribution in [-0.4, -0.2) is 55.1 Å². The second-order valence-electron chi connectivity index (χ2n) is 4.75. The van der Waals surface area contributed by atoms with Gasteiger partial charge in [0.05, 0.1) is 0 Å². The summed E-state index contributed by atoms with van der Waals surface area (Å²) >= 11 is 0. The fourth-order valence-electron chi connectivity index (χ4n) is 2.13. The Morgan fingerprint density at radius 1 is 1.07 bits per heavy atom. The molecule has 0 bridgehead atoms. The van der Waals surface area contributed by atoms with Crippen molar-refractivity contribution >= 4 is 0 Å². The summed E-state index contributed by atoms with van der Waals surface area (Å²) in [7, 11) is 0. The predicted molar refractivity (Wildman–Crippen MR) is 66.1 cm³/mol. The van der Waals surface area contributed by atoms with Gasteiger partial charge in [0.2, 0.25) is 0 Å². The molecule has 1 heterocycles. The number of nitrogens with zero attached hydrogens (tertiary/aromatic N) is 2. The topological polar surface area (TPSA) is 32.5 Å². The normalized spacial score (nSPS) is 21.8. The Labute approximate surface area is 94.6 Å². The second-order valence-corrected chi connectivity index (χ2v) is 4.75. The van der Waals surface area contributed by atoms with Crippen LogP contribution in [0.25, 0.3) is 0 Å². The molecule has 2 N–H and O–H groups in total. The second kappa shape index (κ2) is 7.20. The lowest BCUT2D eigenvalue weighted by Crippen LogP contribution is -2.46. The van der Waals surface area contributed by atoms with Crippen LogP contribution in [0.4, 0.5) is 0 Å². The molecule has 0 spiro atoms. The third kappa shape index (κ3) is 5.50. The zero-order valence-corrected chi connectivity index (χ0v) is 10.4. The van der Waals surface area contributed by atoms with Gasteiger partial charge >= 0.3 is 0 Å². The molecule has 0 amide bonds. The van der Waals surface area contributed by atoms with Gasteiger partial charge < -0.3 is 15.5 Å². The maximum Gasteiger partial charge on any atom is 0.0110 e. The van der Waals surface area contributed by atoms with Crippen LogP contribution in [0, 0.1) is 0 Å². The predicted octanol–water partition coefficient (Wildman–Crippen LogP) is 1.14. The van der Waals surface area contributed by atoms with Crippen molar-refractivity contribution in [1.29, 1.82) is 0 Å². The van der Waals surface area contributed by atoms with E-state index in [1.165, 1.54) is 58.5 Å². The zero-order valence-electron chi connectivity index (χ0n) is 10.4. The zero-order chi connectivity index (χ0) is 11.1. The summed E-state index contributed by atoms with van der Waals surface area (Å²) in [6.45, 7) is 11.8. The Kier molecular flexibility index (Phi) is 6.22. The Bertz CT molecular complexity index is 151. The molecule has 1 rings (SSSR count). The lowest BCUT2D eigenvalue weighted by Gasteiger charge is -2.34. The average Bonchev–Trinajstić information content (AvgIpc) is 2.25. The van der Waals surface area contributed by atoms with E-state index in [1.807, 2.05) is 0 Å². The van der Waals surface area contributed by atoms with E-state index in [4.69, 9.17) is 5.73 Å². The monoisotopic (exact) mass is 213 g/mol. The van der Waals surface area contributed by atoms with Crippen molar-refractivity contribution in [3.05, 3.63) is 0 Å². The summed E-state index contributed by atoms with van der Waals surface area (Å²) < 4.78 is 0. The van der Waals surface area contributed by atoms with Gasteiger partial charge in [0.15, 0.2) is 0 Å². The first-order valence-electron chi connectivity index (χ1n) is 6.42. The molecule has 0 aromatic rings. The molecule has 15 heavy (non-hydrogen) atoms. The fourth-order valence-corrected chi connectivity index (χ4v) is 2.13. The SMILES string of the molecule is CCN1CCN(CCCCC(C)N)CC1. The van der Waals surface area contributed by atoms with Gasteiger partial charge in [-0.3, -0.25) is 0 Å². The Hall–Kier alpha value is -0.120. The molecule has 1 unspecified atom stereocenters. The Morgan fingerprint density at radius 3 is 2.20 bits per heavy atom. The van der Waals surface area contributed by atoms with Crippen LogP contribution in [0.2, 0.25) is 0 Å². The number of piperazine rings is 1. The van der Waals surface area contributed by atoms with Crippen LogP contribution in [0.1, 0.15) is 33.1 Å². The smallest absolute Gasteiger partial charge is 0.0110 e. The molecule has 1 atom stereocenters. The van der Waals surface area contributed by atoms with Gasteiger partial charge in [-0.15, -0.1) is 0 Å². The third-order valence-electron chi connectivity index (χ3n) is 3.30. The van der Waals surface area contributed by atoms with E-state index in [-0.39, 0.29) is 0 Å². The number of unbranched alkanes of at least 4 members (excludes halogenated alkanes) is 1. The van der Waals surface area contributed by atoms with E-state index in [0.29, 0.717) is 6.04 Å². The van der Waals surface area contributed by atoms with Gasteiger partial charge in [0, 0.05) is 32.2 Å². The minimum absolute atomic E-state index is 0.377. The first-order chi connectivity index (χ1) is 7.22. The number of hydrogen-bond acceptors (Lipinski definition) is 3. The van der Waals surface area contributed by atoms with Crippen molar-refractivity contribution in [3.63, 3.8) is 0 Å². The minimum Gasteiger partial charge on any atom is -0.328 e. The van der Waals surface area contributed by atoms with E-state index in [0.717, 1.165) is 0 Å². The largest absolute Gasteiger partial charge is 0.328 e. The minimum atomic E-state index is 0.377. The summed E-state index contributed by atoms with van der Waals surface area (Å²) in [5.41, 5.74) is 5.73. The highest BCUT2D eigenvalue weighted by Gasteiger charge is 2.14. The molecule has 3 nitrogen and oxygen atoms in total. The van der Waals surface area contributed by atoms with Crippen LogP contribution in [0.5, 0.6) is 0 Å². The van der Waals surface area contributed by atoms with E-state index in [9.17, 15) is 0 Å². The molecule has 1 saturated heterocycles. The molecule has 0 radical (unpaired) electrons. The van der Waals surface area contributed by atoms with Gasteiger partial charge in [-0.1, -0.05) is 13.3 Å². The summed E-state index contributed by atoms with van der Waals surface area (Å²) in [5, 5.41) is 0. The number of hydrogen-bond donors (Lipinski definition) is 1. The summed E-state index contributed by atoms with van der Waals surface area (Å²) in [4.78, 5) is 5.12. The third-order valence-corrected chi connectivity index (χ3v) is 3.30. The quantitative estimate of drug-likeness (QED) is 0.672. The lowest BCUT2D eigenvalue weighted by molar-refractivity contribution is 0.135. The lowest BCUT2D eigenvalue weighted by atomic mass is 10.1. The van der Waals surface area contributed by atoms with Gasteiger partial charge in [-0.25, -0.2) is 0 Å². The molecule has 1 fully saturated rings. The first-order valence-corrected chi connectivity index (χ1v) is 6.42. The number of rotatable bonds is 6. The maximum atomic E-state index is 5.73. The molecular formula is C12H27N3. The molecule has 1 aliphatic rings. The summed E-state index contributed by atoms with van der Waals surface area (Å²) in [6.07, 6.45) is 3.77. The van der Waals surface area contributed by atoms with Gasteiger partial charge in [0.1, 0.15) is 0 Å². The fraction of sp³-hybridized carbons (Fsp3) is 1.00. The maximum absolute atomic E-state index is 5.73. The molecule has 0 aliphatic carbocycles. The summed E-state index contributed by atoms with van der Waals surface area (Å²) in [5.74, 6) is 0. The van der Waals surface area contributed by atoms with Crippen molar-refractivity contribution < 1.29 is 0 Å². The molecule has 90 valence electrons. The highest BCUT2D eigenvalue weighted by atomic mass is 15.3. The van der Waals surface area contributed by atoms with E-state index < -0.39 is 0 Å². The van der Waals surface area contributed by atoms with E-state index in [2.05, 4.69) is 23.6 Å². The van der Waals surface area contributed by atoms with Crippen LogP contribution in [-0.2, 0) is 0 Å². The number of likely N-dealkylation sites (N-methyl/N-ethyl adjacent to an activating group) is 1. The molecule has 0 aromatic heterocycles. The van der Waals surface area contributed by atoms with Crippen LogP contribution in [0.15, 0.2) is 0 Å². The Morgan fingerprint density at radius 2 is 1.67 bits per heavy atom. The Balaban J connectivity index is 1.99. The highest BCUT2D eigenvalue weighted by Crippen LogP contribution is 2.05. The molecule has 0 aromatic carbocycles. The van der Waals surface area contributed by atoms with E-state index in [1.54, 1.807) is 0 Å². The van der Waals surface area contributed by atoms with Crippen molar-refractivity contribution in [2.24, 2.45) is 5.73 Å². The van der Waals surface area contributed by atoms with E-state index >= 15 is 0 Å². The molecule has 0 saturated carbocycles.